The highest BCUT2D eigenvalue weighted by molar-refractivity contribution is 8.00. The molecule has 106 valence electrons. The van der Waals surface area contributed by atoms with Crippen LogP contribution in [0.15, 0.2) is 29.2 Å². The Hall–Kier alpha value is -0.560. The molecule has 0 amide bonds. The zero-order valence-electron chi connectivity index (χ0n) is 11.2. The Morgan fingerprint density at radius 3 is 2.68 bits per heavy atom. The lowest BCUT2D eigenvalue weighted by molar-refractivity contribution is 0.278. The molecule has 4 nitrogen and oxygen atoms in total. The van der Waals surface area contributed by atoms with E-state index in [4.69, 9.17) is 0 Å². The van der Waals surface area contributed by atoms with Crippen molar-refractivity contribution in [2.45, 2.75) is 30.1 Å². The number of nitrogens with zero attached hydrogens (tertiary/aromatic N) is 1. The highest BCUT2D eigenvalue weighted by atomic mass is 32.2. The first-order valence-corrected chi connectivity index (χ1v) is 8.62. The van der Waals surface area contributed by atoms with Gasteiger partial charge in [-0.3, -0.25) is 0 Å². The van der Waals surface area contributed by atoms with Gasteiger partial charge in [-0.15, -0.1) is 0 Å². The van der Waals surface area contributed by atoms with Crippen LogP contribution in [0.5, 0.6) is 0 Å². The molecule has 1 aromatic carbocycles. The van der Waals surface area contributed by atoms with Crippen molar-refractivity contribution >= 4 is 21.8 Å². The third-order valence-corrected chi connectivity index (χ3v) is 6.39. The SMILES string of the molecule is CC1(C)CN(S(=O)(=O)c2ccccc2CO)CCS1. The van der Waals surface area contributed by atoms with Crippen molar-refractivity contribution in [2.75, 3.05) is 18.8 Å². The van der Waals surface area contributed by atoms with Gasteiger partial charge in [0.1, 0.15) is 0 Å². The van der Waals surface area contributed by atoms with Crippen LogP contribution in [0.3, 0.4) is 0 Å². The summed E-state index contributed by atoms with van der Waals surface area (Å²) in [4.78, 5) is 0.222. The number of rotatable bonds is 3. The quantitative estimate of drug-likeness (QED) is 0.923. The van der Waals surface area contributed by atoms with Crippen molar-refractivity contribution in [3.05, 3.63) is 29.8 Å². The largest absolute Gasteiger partial charge is 0.392 e. The molecular formula is C13H19NO3S2. The Bertz CT molecular complexity index is 555. The van der Waals surface area contributed by atoms with Crippen LogP contribution < -0.4 is 0 Å². The van der Waals surface area contributed by atoms with Gasteiger partial charge in [-0.1, -0.05) is 18.2 Å². The second-order valence-corrected chi connectivity index (χ2v) is 8.92. The van der Waals surface area contributed by atoms with E-state index in [9.17, 15) is 13.5 Å². The van der Waals surface area contributed by atoms with E-state index in [0.717, 1.165) is 5.75 Å². The predicted molar refractivity (Wildman–Crippen MR) is 77.7 cm³/mol. The van der Waals surface area contributed by atoms with E-state index >= 15 is 0 Å². The van der Waals surface area contributed by atoms with Gasteiger partial charge in [0, 0.05) is 23.6 Å². The summed E-state index contributed by atoms with van der Waals surface area (Å²) >= 11 is 1.79. The van der Waals surface area contributed by atoms with Crippen molar-refractivity contribution in [1.29, 1.82) is 0 Å². The molecule has 0 atom stereocenters. The minimum atomic E-state index is -3.52. The summed E-state index contributed by atoms with van der Waals surface area (Å²) in [5.41, 5.74) is 0.457. The van der Waals surface area contributed by atoms with Crippen molar-refractivity contribution in [2.24, 2.45) is 0 Å². The van der Waals surface area contributed by atoms with Crippen molar-refractivity contribution in [1.82, 2.24) is 4.31 Å². The number of sulfonamides is 1. The van der Waals surface area contributed by atoms with Crippen LogP contribution in [0, 0.1) is 0 Å². The van der Waals surface area contributed by atoms with Crippen LogP contribution >= 0.6 is 11.8 Å². The molecule has 1 heterocycles. The van der Waals surface area contributed by atoms with Crippen LogP contribution in [-0.2, 0) is 16.6 Å². The van der Waals surface area contributed by atoms with E-state index in [1.165, 1.54) is 4.31 Å². The smallest absolute Gasteiger partial charge is 0.243 e. The Labute approximate surface area is 118 Å². The van der Waals surface area contributed by atoms with Gasteiger partial charge in [0.2, 0.25) is 10.0 Å². The summed E-state index contributed by atoms with van der Waals surface area (Å²) in [5.74, 6) is 0.799. The molecule has 0 radical (unpaired) electrons. The van der Waals surface area contributed by atoms with E-state index in [0.29, 0.717) is 18.7 Å². The summed E-state index contributed by atoms with van der Waals surface area (Å²) in [7, 11) is -3.52. The second-order valence-electron chi connectivity index (χ2n) is 5.21. The average molecular weight is 301 g/mol. The molecular weight excluding hydrogens is 282 g/mol. The number of aliphatic hydroxyl groups excluding tert-OH is 1. The summed E-state index contributed by atoms with van der Waals surface area (Å²) in [6, 6.07) is 6.64. The molecule has 19 heavy (non-hydrogen) atoms. The first-order valence-electron chi connectivity index (χ1n) is 6.20. The Balaban J connectivity index is 2.37. The fourth-order valence-electron chi connectivity index (χ4n) is 2.20. The molecule has 2 rings (SSSR count). The summed E-state index contributed by atoms with van der Waals surface area (Å²) in [6.45, 7) is 4.87. The first-order chi connectivity index (χ1) is 8.87. The van der Waals surface area contributed by atoms with E-state index in [-0.39, 0.29) is 16.2 Å². The maximum atomic E-state index is 12.7. The molecule has 1 aliphatic rings. The molecule has 0 aliphatic carbocycles. The van der Waals surface area contributed by atoms with Crippen LogP contribution in [-0.4, -0.2) is 41.4 Å². The van der Waals surface area contributed by atoms with Gasteiger partial charge in [-0.05, 0) is 25.5 Å². The molecule has 0 aromatic heterocycles. The molecule has 0 bridgehead atoms. The third-order valence-electron chi connectivity index (χ3n) is 3.15. The van der Waals surface area contributed by atoms with Gasteiger partial charge in [-0.2, -0.15) is 16.1 Å². The molecule has 1 aliphatic heterocycles. The lowest BCUT2D eigenvalue weighted by Crippen LogP contribution is -2.46. The number of aliphatic hydroxyl groups is 1. The highest BCUT2D eigenvalue weighted by Gasteiger charge is 2.35. The average Bonchev–Trinajstić information content (AvgIpc) is 2.37. The summed E-state index contributed by atoms with van der Waals surface area (Å²) in [5, 5.41) is 9.30. The van der Waals surface area contributed by atoms with E-state index < -0.39 is 10.0 Å². The van der Waals surface area contributed by atoms with Gasteiger partial charge in [0.15, 0.2) is 0 Å². The number of benzene rings is 1. The van der Waals surface area contributed by atoms with Crippen LogP contribution in [0.2, 0.25) is 0 Å². The minimum absolute atomic E-state index is 0.0700. The van der Waals surface area contributed by atoms with Crippen molar-refractivity contribution in [3.8, 4) is 0 Å². The predicted octanol–water partition coefficient (Wildman–Crippen LogP) is 1.70. The molecule has 0 unspecified atom stereocenters. The monoisotopic (exact) mass is 301 g/mol. The third kappa shape index (κ3) is 3.13. The number of hydrogen-bond acceptors (Lipinski definition) is 4. The number of hydrogen-bond donors (Lipinski definition) is 1. The van der Waals surface area contributed by atoms with E-state index in [2.05, 4.69) is 13.8 Å². The molecule has 1 N–H and O–H groups in total. The molecule has 1 aromatic rings. The topological polar surface area (TPSA) is 57.6 Å². The van der Waals surface area contributed by atoms with Crippen molar-refractivity contribution in [3.63, 3.8) is 0 Å². The highest BCUT2D eigenvalue weighted by Crippen LogP contribution is 2.33. The van der Waals surface area contributed by atoms with E-state index in [1.807, 2.05) is 0 Å². The zero-order chi connectivity index (χ0) is 14.1. The van der Waals surface area contributed by atoms with Crippen molar-refractivity contribution < 1.29 is 13.5 Å². The molecule has 1 fully saturated rings. The first kappa shape index (κ1) is 14.8. The fraction of sp³-hybridized carbons (Fsp3) is 0.538. The second kappa shape index (κ2) is 5.44. The summed E-state index contributed by atoms with van der Waals surface area (Å²) < 4.78 is 26.8. The number of thioether (sulfide) groups is 1. The van der Waals surface area contributed by atoms with Gasteiger partial charge in [-0.25, -0.2) is 8.42 Å². The lowest BCUT2D eigenvalue weighted by atomic mass is 10.2. The molecule has 6 heteroatoms. The van der Waals surface area contributed by atoms with Gasteiger partial charge in [0.25, 0.3) is 0 Å². The van der Waals surface area contributed by atoms with Gasteiger partial charge >= 0.3 is 0 Å². The van der Waals surface area contributed by atoms with E-state index in [1.54, 1.807) is 36.0 Å². The lowest BCUT2D eigenvalue weighted by Gasteiger charge is -2.36. The van der Waals surface area contributed by atoms with Crippen LogP contribution in [0.4, 0.5) is 0 Å². The maximum absolute atomic E-state index is 12.7. The molecule has 0 saturated carbocycles. The Morgan fingerprint density at radius 2 is 2.05 bits per heavy atom. The van der Waals surface area contributed by atoms with Gasteiger partial charge < -0.3 is 5.11 Å². The standard InChI is InChI=1S/C13H19NO3S2/c1-13(2)10-14(7-8-18-13)19(16,17)12-6-4-3-5-11(12)9-15/h3-6,15H,7-10H2,1-2H3. The maximum Gasteiger partial charge on any atom is 0.243 e. The fourth-order valence-corrected chi connectivity index (χ4v) is 5.33. The van der Waals surface area contributed by atoms with Crippen LogP contribution in [0.1, 0.15) is 19.4 Å². The van der Waals surface area contributed by atoms with Gasteiger partial charge in [0.05, 0.1) is 11.5 Å². The molecule has 1 saturated heterocycles. The van der Waals surface area contributed by atoms with Crippen LogP contribution in [0.25, 0.3) is 0 Å². The Morgan fingerprint density at radius 1 is 1.37 bits per heavy atom. The minimum Gasteiger partial charge on any atom is -0.392 e. The summed E-state index contributed by atoms with van der Waals surface area (Å²) in [6.07, 6.45) is 0. The normalized spacial score (nSPS) is 20.4. The zero-order valence-corrected chi connectivity index (χ0v) is 12.8. The molecule has 0 spiro atoms. The Kier molecular flexibility index (Phi) is 4.25.